The van der Waals surface area contributed by atoms with Crippen LogP contribution in [0.4, 0.5) is 0 Å². The Morgan fingerprint density at radius 3 is 2.44 bits per heavy atom. The van der Waals surface area contributed by atoms with Crippen molar-refractivity contribution in [3.8, 4) is 0 Å². The minimum atomic E-state index is 0.592. The van der Waals surface area contributed by atoms with Crippen LogP contribution in [-0.2, 0) is 4.74 Å². The summed E-state index contributed by atoms with van der Waals surface area (Å²) in [5.41, 5.74) is 5.83. The molecule has 1 atom stereocenters. The summed E-state index contributed by atoms with van der Waals surface area (Å²) < 4.78 is 5.10. The summed E-state index contributed by atoms with van der Waals surface area (Å²) in [6, 6.07) is 0.592. The summed E-state index contributed by atoms with van der Waals surface area (Å²) >= 11 is 0. The third-order valence-electron chi connectivity index (χ3n) is 3.43. The van der Waals surface area contributed by atoms with Gasteiger partial charge < -0.3 is 10.5 Å². The topological polar surface area (TPSA) is 41.7 Å². The largest absolute Gasteiger partial charge is 0.383 e. The highest BCUT2D eigenvalue weighted by Crippen LogP contribution is 2.10. The Bertz CT molecular complexity index is 170. The molecule has 1 unspecified atom stereocenters. The van der Waals surface area contributed by atoms with E-state index in [4.69, 9.17) is 10.5 Å². The van der Waals surface area contributed by atoms with E-state index < -0.39 is 0 Å². The molecule has 1 aliphatic rings. The number of nitrogens with two attached hydrogens (primary N) is 1. The molecule has 0 spiro atoms. The van der Waals surface area contributed by atoms with E-state index in [0.717, 1.165) is 45.9 Å². The molecule has 4 heteroatoms. The van der Waals surface area contributed by atoms with Gasteiger partial charge in [0.15, 0.2) is 0 Å². The Morgan fingerprint density at radius 2 is 1.94 bits per heavy atom. The first-order valence-electron chi connectivity index (χ1n) is 6.47. The zero-order valence-electron chi connectivity index (χ0n) is 10.8. The number of nitrogens with zero attached hydrogens (tertiary/aromatic N) is 2. The normalized spacial score (nSPS) is 21.2. The number of hydrogen-bond donors (Lipinski definition) is 1. The van der Waals surface area contributed by atoms with E-state index in [-0.39, 0.29) is 0 Å². The lowest BCUT2D eigenvalue weighted by molar-refractivity contribution is 0.0738. The first-order chi connectivity index (χ1) is 7.81. The average molecular weight is 229 g/mol. The predicted octanol–water partition coefficient (Wildman–Crippen LogP) is 0.378. The minimum Gasteiger partial charge on any atom is -0.383 e. The molecule has 0 saturated carbocycles. The lowest BCUT2D eigenvalue weighted by Gasteiger charge is -2.38. The van der Waals surface area contributed by atoms with Gasteiger partial charge in [0.1, 0.15) is 0 Å². The highest BCUT2D eigenvalue weighted by Gasteiger charge is 2.21. The molecule has 96 valence electrons. The molecule has 2 N–H and O–H groups in total. The maximum Gasteiger partial charge on any atom is 0.0589 e. The molecule has 0 amide bonds. The zero-order valence-corrected chi connectivity index (χ0v) is 10.8. The van der Waals surface area contributed by atoms with Crippen LogP contribution in [0.25, 0.3) is 0 Å². The fourth-order valence-corrected chi connectivity index (χ4v) is 2.36. The van der Waals surface area contributed by atoms with Crippen molar-refractivity contribution in [3.63, 3.8) is 0 Å². The summed E-state index contributed by atoms with van der Waals surface area (Å²) in [4.78, 5) is 5.02. The van der Waals surface area contributed by atoms with Gasteiger partial charge in [-0.3, -0.25) is 9.80 Å². The number of methoxy groups -OCH3 is 1. The van der Waals surface area contributed by atoms with Crippen LogP contribution in [-0.4, -0.2) is 68.8 Å². The summed E-state index contributed by atoms with van der Waals surface area (Å²) in [6.45, 7) is 9.56. The van der Waals surface area contributed by atoms with Gasteiger partial charge in [-0.2, -0.15) is 0 Å². The van der Waals surface area contributed by atoms with Crippen LogP contribution in [0.3, 0.4) is 0 Å². The molecule has 1 fully saturated rings. The number of hydrogen-bond acceptors (Lipinski definition) is 4. The van der Waals surface area contributed by atoms with E-state index in [1.807, 2.05) is 0 Å². The molecule has 4 nitrogen and oxygen atoms in total. The van der Waals surface area contributed by atoms with Crippen LogP contribution in [0, 0.1) is 0 Å². The van der Waals surface area contributed by atoms with Gasteiger partial charge in [-0.05, 0) is 6.42 Å². The second kappa shape index (κ2) is 8.01. The van der Waals surface area contributed by atoms with Crippen molar-refractivity contribution >= 4 is 0 Å². The van der Waals surface area contributed by atoms with Crippen LogP contribution in [0.2, 0.25) is 0 Å². The molecule has 16 heavy (non-hydrogen) atoms. The molecule has 1 rings (SSSR count). The van der Waals surface area contributed by atoms with Crippen LogP contribution < -0.4 is 5.73 Å². The SMILES string of the molecule is CCCC(CN)N1CCN(CCOC)CC1. The van der Waals surface area contributed by atoms with Gasteiger partial charge in [0.05, 0.1) is 6.61 Å². The minimum absolute atomic E-state index is 0.592. The number of piperazine rings is 1. The lowest BCUT2D eigenvalue weighted by Crippen LogP contribution is -2.52. The monoisotopic (exact) mass is 229 g/mol. The quantitative estimate of drug-likeness (QED) is 0.685. The van der Waals surface area contributed by atoms with Gasteiger partial charge in [0.25, 0.3) is 0 Å². The van der Waals surface area contributed by atoms with Crippen molar-refractivity contribution < 1.29 is 4.74 Å². The van der Waals surface area contributed by atoms with E-state index >= 15 is 0 Å². The molecule has 0 aromatic carbocycles. The highest BCUT2D eigenvalue weighted by atomic mass is 16.5. The summed E-state index contributed by atoms with van der Waals surface area (Å²) in [5, 5.41) is 0. The van der Waals surface area contributed by atoms with Crippen molar-refractivity contribution in [3.05, 3.63) is 0 Å². The molecule has 1 saturated heterocycles. The Morgan fingerprint density at radius 1 is 1.25 bits per heavy atom. The van der Waals surface area contributed by atoms with Gasteiger partial charge in [-0.25, -0.2) is 0 Å². The summed E-state index contributed by atoms with van der Waals surface area (Å²) in [6.07, 6.45) is 2.46. The Kier molecular flexibility index (Phi) is 6.96. The fourth-order valence-electron chi connectivity index (χ4n) is 2.36. The van der Waals surface area contributed by atoms with Gasteiger partial charge in [-0.1, -0.05) is 13.3 Å². The Labute approximate surface area is 99.7 Å². The molecular formula is C12H27N3O. The van der Waals surface area contributed by atoms with Crippen molar-refractivity contribution in [2.75, 3.05) is 53.0 Å². The second-order valence-electron chi connectivity index (χ2n) is 4.55. The molecule has 1 aliphatic heterocycles. The van der Waals surface area contributed by atoms with Gasteiger partial charge in [0, 0.05) is 52.4 Å². The summed E-state index contributed by atoms with van der Waals surface area (Å²) in [7, 11) is 1.77. The average Bonchev–Trinajstić information content (AvgIpc) is 2.34. The van der Waals surface area contributed by atoms with E-state index in [1.54, 1.807) is 7.11 Å². The van der Waals surface area contributed by atoms with E-state index in [0.29, 0.717) is 6.04 Å². The smallest absolute Gasteiger partial charge is 0.0589 e. The first-order valence-corrected chi connectivity index (χ1v) is 6.47. The van der Waals surface area contributed by atoms with Crippen molar-refractivity contribution in [2.45, 2.75) is 25.8 Å². The van der Waals surface area contributed by atoms with Crippen molar-refractivity contribution in [1.29, 1.82) is 0 Å². The number of rotatable bonds is 7. The van der Waals surface area contributed by atoms with Gasteiger partial charge >= 0.3 is 0 Å². The molecule has 0 aromatic rings. The molecule has 1 heterocycles. The third-order valence-corrected chi connectivity index (χ3v) is 3.43. The predicted molar refractivity (Wildman–Crippen MR) is 67.6 cm³/mol. The molecule has 0 aromatic heterocycles. The van der Waals surface area contributed by atoms with Crippen molar-refractivity contribution in [1.82, 2.24) is 9.80 Å². The lowest BCUT2D eigenvalue weighted by atomic mass is 10.1. The highest BCUT2D eigenvalue weighted by molar-refractivity contribution is 4.78. The van der Waals surface area contributed by atoms with Crippen LogP contribution in [0.1, 0.15) is 19.8 Å². The molecule has 0 bridgehead atoms. The Hall–Kier alpha value is -0.160. The third kappa shape index (κ3) is 4.37. The molecule has 0 radical (unpaired) electrons. The first kappa shape index (κ1) is 13.9. The van der Waals surface area contributed by atoms with Gasteiger partial charge in [-0.15, -0.1) is 0 Å². The zero-order chi connectivity index (χ0) is 11.8. The Balaban J connectivity index is 2.24. The summed E-state index contributed by atoms with van der Waals surface area (Å²) in [5.74, 6) is 0. The molecule has 0 aliphatic carbocycles. The van der Waals surface area contributed by atoms with E-state index in [9.17, 15) is 0 Å². The van der Waals surface area contributed by atoms with Gasteiger partial charge in [0.2, 0.25) is 0 Å². The van der Waals surface area contributed by atoms with E-state index in [2.05, 4.69) is 16.7 Å². The van der Waals surface area contributed by atoms with Crippen LogP contribution in [0.15, 0.2) is 0 Å². The standard InChI is InChI=1S/C12H27N3O/c1-3-4-12(11-13)15-7-5-14(6-8-15)9-10-16-2/h12H,3-11,13H2,1-2H3. The fraction of sp³-hybridized carbons (Fsp3) is 1.00. The van der Waals surface area contributed by atoms with Crippen molar-refractivity contribution in [2.24, 2.45) is 5.73 Å². The van der Waals surface area contributed by atoms with Crippen LogP contribution in [0.5, 0.6) is 0 Å². The molecular weight excluding hydrogens is 202 g/mol. The van der Waals surface area contributed by atoms with E-state index in [1.165, 1.54) is 12.8 Å². The van der Waals surface area contributed by atoms with Crippen LogP contribution >= 0.6 is 0 Å². The maximum atomic E-state index is 5.83. The number of ether oxygens (including phenoxy) is 1. The maximum absolute atomic E-state index is 5.83. The second-order valence-corrected chi connectivity index (χ2v) is 4.55.